The lowest BCUT2D eigenvalue weighted by Crippen LogP contribution is -2.12. The topological polar surface area (TPSA) is 82.2 Å². The van der Waals surface area contributed by atoms with Gasteiger partial charge in [-0.2, -0.15) is 5.10 Å². The number of aromatic nitrogens is 2. The molecule has 0 fully saturated rings. The van der Waals surface area contributed by atoms with Crippen LogP contribution >= 0.6 is 11.6 Å². The van der Waals surface area contributed by atoms with Crippen molar-refractivity contribution < 1.29 is 9.53 Å². The lowest BCUT2D eigenvalue weighted by atomic mass is 10.2. The molecular formula is C14H17ClN4O2. The fraction of sp³-hybridized carbons (Fsp3) is 0.286. The van der Waals surface area contributed by atoms with Gasteiger partial charge in [-0.25, -0.2) is 4.68 Å². The molecule has 0 bridgehead atoms. The summed E-state index contributed by atoms with van der Waals surface area (Å²) in [6.45, 7) is 2.43. The molecule has 112 valence electrons. The molecule has 21 heavy (non-hydrogen) atoms. The second-order valence-electron chi connectivity index (χ2n) is 4.61. The minimum atomic E-state index is -0.557. The Morgan fingerprint density at radius 1 is 1.52 bits per heavy atom. The molecule has 0 aliphatic heterocycles. The molecule has 0 saturated heterocycles. The van der Waals surface area contributed by atoms with Gasteiger partial charge in [-0.3, -0.25) is 4.79 Å². The Hall–Kier alpha value is -2.21. The number of amides is 1. The van der Waals surface area contributed by atoms with Crippen molar-refractivity contribution in [2.24, 2.45) is 12.8 Å². The predicted octanol–water partition coefficient (Wildman–Crippen LogP) is 2.10. The van der Waals surface area contributed by atoms with E-state index in [-0.39, 0.29) is 5.56 Å². The maximum atomic E-state index is 11.3. The van der Waals surface area contributed by atoms with E-state index in [4.69, 9.17) is 22.1 Å². The maximum Gasteiger partial charge on any atom is 0.250 e. The fourth-order valence-corrected chi connectivity index (χ4v) is 2.36. The first kappa shape index (κ1) is 15.2. The molecule has 2 aromatic rings. The molecule has 0 radical (unpaired) electrons. The third-order valence-corrected chi connectivity index (χ3v) is 3.51. The highest BCUT2D eigenvalue weighted by atomic mass is 35.5. The van der Waals surface area contributed by atoms with Crippen molar-refractivity contribution in [3.05, 3.63) is 40.0 Å². The van der Waals surface area contributed by atoms with E-state index in [2.05, 4.69) is 10.4 Å². The number of nitrogens with two attached hydrogens (primary N) is 1. The van der Waals surface area contributed by atoms with Crippen LogP contribution in [0.1, 0.15) is 21.6 Å². The molecule has 0 unspecified atom stereocenters. The number of hydrogen-bond acceptors (Lipinski definition) is 4. The van der Waals surface area contributed by atoms with Crippen LogP contribution in [0.4, 0.5) is 5.69 Å². The lowest BCUT2D eigenvalue weighted by molar-refractivity contribution is 0.100. The summed E-state index contributed by atoms with van der Waals surface area (Å²) in [5, 5.41) is 7.86. The quantitative estimate of drug-likeness (QED) is 0.886. The summed E-state index contributed by atoms with van der Waals surface area (Å²) in [5.74, 6) is 0.142. The van der Waals surface area contributed by atoms with Crippen LogP contribution in [0.3, 0.4) is 0 Å². The van der Waals surface area contributed by atoms with Crippen LogP contribution in [0.2, 0.25) is 5.02 Å². The first-order valence-electron chi connectivity index (χ1n) is 6.33. The van der Waals surface area contributed by atoms with Gasteiger partial charge in [-0.05, 0) is 25.1 Å². The number of nitrogens with zero attached hydrogens (tertiary/aromatic N) is 2. The summed E-state index contributed by atoms with van der Waals surface area (Å²) in [7, 11) is 3.43. The van der Waals surface area contributed by atoms with E-state index in [1.54, 1.807) is 30.0 Å². The molecule has 2 rings (SSSR count). The van der Waals surface area contributed by atoms with Crippen molar-refractivity contribution in [3.63, 3.8) is 0 Å². The number of benzene rings is 1. The van der Waals surface area contributed by atoms with Crippen molar-refractivity contribution in [3.8, 4) is 5.88 Å². The van der Waals surface area contributed by atoms with Gasteiger partial charge in [0, 0.05) is 19.3 Å². The Morgan fingerprint density at radius 2 is 2.24 bits per heavy atom. The molecule has 1 aromatic carbocycles. The number of halogens is 1. The molecule has 0 atom stereocenters. The van der Waals surface area contributed by atoms with Crippen LogP contribution in [0, 0.1) is 6.92 Å². The van der Waals surface area contributed by atoms with Crippen LogP contribution in [0.25, 0.3) is 0 Å². The number of ether oxygens (including phenoxy) is 1. The predicted molar refractivity (Wildman–Crippen MR) is 81.8 cm³/mol. The summed E-state index contributed by atoms with van der Waals surface area (Å²) < 4.78 is 7.02. The van der Waals surface area contributed by atoms with Crippen LogP contribution in [0.15, 0.2) is 18.2 Å². The van der Waals surface area contributed by atoms with Gasteiger partial charge in [0.2, 0.25) is 11.8 Å². The highest BCUT2D eigenvalue weighted by molar-refractivity contribution is 6.33. The Balaban J connectivity index is 2.21. The molecule has 1 aromatic heterocycles. The van der Waals surface area contributed by atoms with Crippen molar-refractivity contribution >= 4 is 23.2 Å². The van der Waals surface area contributed by atoms with E-state index in [1.165, 1.54) is 0 Å². The Morgan fingerprint density at radius 3 is 2.86 bits per heavy atom. The van der Waals surface area contributed by atoms with E-state index in [0.29, 0.717) is 17.4 Å². The van der Waals surface area contributed by atoms with Gasteiger partial charge >= 0.3 is 0 Å². The normalized spacial score (nSPS) is 10.5. The zero-order valence-corrected chi connectivity index (χ0v) is 12.9. The summed E-state index contributed by atoms with van der Waals surface area (Å²) >= 11 is 5.92. The van der Waals surface area contributed by atoms with Gasteiger partial charge in [-0.15, -0.1) is 0 Å². The van der Waals surface area contributed by atoms with Gasteiger partial charge < -0.3 is 15.8 Å². The molecular weight excluding hydrogens is 292 g/mol. The van der Waals surface area contributed by atoms with Crippen molar-refractivity contribution in [1.29, 1.82) is 0 Å². The molecule has 0 saturated carbocycles. The number of rotatable bonds is 5. The molecule has 0 spiro atoms. The average Bonchev–Trinajstić information content (AvgIpc) is 2.71. The van der Waals surface area contributed by atoms with Crippen molar-refractivity contribution in [2.45, 2.75) is 13.5 Å². The van der Waals surface area contributed by atoms with E-state index in [9.17, 15) is 4.79 Å². The van der Waals surface area contributed by atoms with E-state index in [0.717, 1.165) is 16.9 Å². The number of carbonyl (C=O) groups is 1. The van der Waals surface area contributed by atoms with Crippen LogP contribution in [-0.4, -0.2) is 22.8 Å². The third-order valence-electron chi connectivity index (χ3n) is 3.18. The summed E-state index contributed by atoms with van der Waals surface area (Å²) in [6, 6.07) is 5.05. The fourth-order valence-electron chi connectivity index (χ4n) is 2.15. The minimum absolute atomic E-state index is 0.288. The largest absolute Gasteiger partial charge is 0.481 e. The first-order valence-corrected chi connectivity index (χ1v) is 6.71. The molecule has 6 nitrogen and oxygen atoms in total. The SMILES string of the molecule is COc1c(CNc2ccc(Cl)c(C(N)=O)c2)c(C)nn1C. The number of primary amides is 1. The number of methoxy groups -OCH3 is 1. The molecule has 7 heteroatoms. The van der Waals surface area contributed by atoms with E-state index >= 15 is 0 Å². The molecule has 1 heterocycles. The van der Waals surface area contributed by atoms with Crippen molar-refractivity contribution in [2.75, 3.05) is 12.4 Å². The Labute approximate surface area is 127 Å². The van der Waals surface area contributed by atoms with Gasteiger partial charge in [0.15, 0.2) is 0 Å². The summed E-state index contributed by atoms with van der Waals surface area (Å²) in [6.07, 6.45) is 0. The van der Waals surface area contributed by atoms with Crippen LogP contribution in [-0.2, 0) is 13.6 Å². The van der Waals surface area contributed by atoms with E-state index in [1.807, 2.05) is 14.0 Å². The van der Waals surface area contributed by atoms with Gasteiger partial charge in [0.05, 0.1) is 29.0 Å². The molecule has 1 amide bonds. The molecule has 0 aliphatic carbocycles. The molecule has 3 N–H and O–H groups in total. The molecule has 0 aliphatic rings. The second kappa shape index (κ2) is 6.05. The average molecular weight is 309 g/mol. The Kier molecular flexibility index (Phi) is 4.37. The van der Waals surface area contributed by atoms with Gasteiger partial charge in [-0.1, -0.05) is 11.6 Å². The monoisotopic (exact) mass is 308 g/mol. The number of nitrogens with one attached hydrogen (secondary N) is 1. The highest BCUT2D eigenvalue weighted by Crippen LogP contribution is 2.24. The van der Waals surface area contributed by atoms with Crippen LogP contribution < -0.4 is 15.8 Å². The zero-order valence-electron chi connectivity index (χ0n) is 12.1. The van der Waals surface area contributed by atoms with Gasteiger partial charge in [0.1, 0.15) is 0 Å². The number of anilines is 1. The first-order chi connectivity index (χ1) is 9.93. The zero-order chi connectivity index (χ0) is 15.6. The maximum absolute atomic E-state index is 11.3. The summed E-state index contributed by atoms with van der Waals surface area (Å²) in [5.41, 5.74) is 8.15. The number of carbonyl (C=O) groups excluding carboxylic acids is 1. The number of hydrogen-bond donors (Lipinski definition) is 2. The third kappa shape index (κ3) is 3.11. The number of aryl methyl sites for hydroxylation is 2. The lowest BCUT2D eigenvalue weighted by Gasteiger charge is -2.09. The minimum Gasteiger partial charge on any atom is -0.481 e. The van der Waals surface area contributed by atoms with Crippen molar-refractivity contribution in [1.82, 2.24) is 9.78 Å². The van der Waals surface area contributed by atoms with Crippen LogP contribution in [0.5, 0.6) is 5.88 Å². The summed E-state index contributed by atoms with van der Waals surface area (Å²) in [4.78, 5) is 11.3. The highest BCUT2D eigenvalue weighted by Gasteiger charge is 2.14. The second-order valence-corrected chi connectivity index (χ2v) is 5.02. The van der Waals surface area contributed by atoms with E-state index < -0.39 is 5.91 Å². The standard InChI is InChI=1S/C14H17ClN4O2/c1-8-11(14(21-3)19(2)18-8)7-17-9-4-5-12(15)10(6-9)13(16)20/h4-6,17H,7H2,1-3H3,(H2,16,20). The smallest absolute Gasteiger partial charge is 0.250 e. The van der Waals surface area contributed by atoms with Gasteiger partial charge in [0.25, 0.3) is 0 Å². The Bertz CT molecular complexity index is 682.